The lowest BCUT2D eigenvalue weighted by Crippen LogP contribution is -2.43. The van der Waals surface area contributed by atoms with E-state index in [4.69, 9.17) is 0 Å². The average molecular weight is 607 g/mol. The summed E-state index contributed by atoms with van der Waals surface area (Å²) in [6.07, 6.45) is 0. The minimum atomic E-state index is -2.17. The second kappa shape index (κ2) is 9.13. The minimum absolute atomic E-state index is 0.105. The van der Waals surface area contributed by atoms with E-state index in [9.17, 15) is 0 Å². The van der Waals surface area contributed by atoms with E-state index < -0.39 is 8.07 Å². The molecule has 6 aromatic rings. The quantitative estimate of drug-likeness (QED) is 0.174. The molecule has 0 N–H and O–H groups in total. The molecule has 0 spiro atoms. The number of hydrogen-bond donors (Lipinski definition) is 0. The van der Waals surface area contributed by atoms with Crippen LogP contribution in [-0.4, -0.2) is 17.2 Å². The molecular formula is C42H46N2Si. The molecule has 2 unspecified atom stereocenters. The lowest BCUT2D eigenvalue weighted by molar-refractivity contribution is 0.591. The number of rotatable bonds is 2. The summed E-state index contributed by atoms with van der Waals surface area (Å²) >= 11 is 0. The Kier molecular flexibility index (Phi) is 5.81. The molecule has 0 radical (unpaired) electrons. The fourth-order valence-electron chi connectivity index (χ4n) is 9.02. The van der Waals surface area contributed by atoms with Gasteiger partial charge >= 0.3 is 0 Å². The third-order valence-corrected chi connectivity index (χ3v) is 15.5. The van der Waals surface area contributed by atoms with Crippen molar-refractivity contribution in [1.29, 1.82) is 0 Å². The smallest absolute Gasteiger partial charge is 0.0769 e. The van der Waals surface area contributed by atoms with Gasteiger partial charge in [-0.1, -0.05) is 115 Å². The van der Waals surface area contributed by atoms with Gasteiger partial charge in [-0.25, -0.2) is 0 Å². The fourth-order valence-corrected chi connectivity index (χ4v) is 13.5. The zero-order chi connectivity index (χ0) is 31.8. The van der Waals surface area contributed by atoms with Gasteiger partial charge < -0.3 is 9.13 Å². The molecule has 228 valence electrons. The van der Waals surface area contributed by atoms with E-state index in [2.05, 4.69) is 163 Å². The third-order valence-electron chi connectivity index (χ3n) is 11.3. The van der Waals surface area contributed by atoms with Crippen LogP contribution in [0.25, 0.3) is 44.1 Å². The summed E-state index contributed by atoms with van der Waals surface area (Å²) in [5.74, 6) is 0. The number of aryl methyl sites for hydroxylation is 2. The zero-order valence-electron chi connectivity index (χ0n) is 28.6. The number of hydrogen-bond acceptors (Lipinski definition) is 0. The van der Waals surface area contributed by atoms with Crippen LogP contribution in [0.1, 0.15) is 86.3 Å². The van der Waals surface area contributed by atoms with Gasteiger partial charge in [0.1, 0.15) is 0 Å². The standard InChI is InChI=1S/C42H46N2Si/c1-41(2,3)25-19-21-33-31(23-25)35-27-15-11-13-17-29(27)39(37(35)43(33)7)45(9,10)40-30-18-14-12-16-28(30)36-32-24-26(42(4,5)6)20-22-34(32)44(8)38(36)40/h11-24,39-40H,1-10H3. The number of aromatic nitrogens is 2. The van der Waals surface area contributed by atoms with E-state index >= 15 is 0 Å². The van der Waals surface area contributed by atoms with Crippen molar-refractivity contribution in [2.45, 2.75) is 76.5 Å². The molecule has 0 saturated carbocycles. The number of fused-ring (bicyclic) bond motifs is 10. The van der Waals surface area contributed by atoms with Crippen molar-refractivity contribution in [1.82, 2.24) is 9.13 Å². The SMILES string of the molecule is Cn1c2c(c3cc(C(C)(C)C)ccc31)-c1ccccc1C2[Si](C)(C)C1c2ccccc2-c2c1n(C)c1ccc(C(C)(C)C)cc21. The van der Waals surface area contributed by atoms with E-state index in [0.717, 1.165) is 0 Å². The van der Waals surface area contributed by atoms with Crippen LogP contribution in [0.4, 0.5) is 0 Å². The van der Waals surface area contributed by atoms with E-state index in [1.807, 2.05) is 0 Å². The molecule has 2 aliphatic carbocycles. The molecule has 2 atom stereocenters. The van der Waals surface area contributed by atoms with Crippen LogP contribution in [0.5, 0.6) is 0 Å². The van der Waals surface area contributed by atoms with Crippen LogP contribution < -0.4 is 0 Å². The predicted molar refractivity (Wildman–Crippen MR) is 195 cm³/mol. The van der Waals surface area contributed by atoms with Gasteiger partial charge in [0.05, 0.1) is 8.07 Å². The molecule has 0 fully saturated rings. The molecule has 4 aromatic carbocycles. The number of benzene rings is 4. The van der Waals surface area contributed by atoms with E-state index in [-0.39, 0.29) is 10.8 Å². The van der Waals surface area contributed by atoms with Gasteiger partial charge in [-0.3, -0.25) is 0 Å². The molecule has 0 saturated heterocycles. The van der Waals surface area contributed by atoms with Crippen molar-refractivity contribution in [2.24, 2.45) is 14.1 Å². The van der Waals surface area contributed by atoms with Gasteiger partial charge in [0, 0.05) is 69.5 Å². The van der Waals surface area contributed by atoms with Crippen LogP contribution in [0.15, 0.2) is 84.9 Å². The Labute approximate surface area is 269 Å². The third kappa shape index (κ3) is 3.80. The Hall–Kier alpha value is -3.82. The second-order valence-corrected chi connectivity index (χ2v) is 21.3. The van der Waals surface area contributed by atoms with Gasteiger partial charge in [-0.15, -0.1) is 0 Å². The summed E-state index contributed by atoms with van der Waals surface area (Å²) in [5.41, 5.74) is 18.4. The van der Waals surface area contributed by atoms with Crippen molar-refractivity contribution >= 4 is 29.9 Å². The Morgan fingerprint density at radius 3 is 1.29 bits per heavy atom. The molecule has 3 heteroatoms. The molecule has 0 aliphatic heterocycles. The Morgan fingerprint density at radius 2 is 0.911 bits per heavy atom. The molecule has 8 rings (SSSR count). The summed E-state index contributed by atoms with van der Waals surface area (Å²) in [6, 6.07) is 33.1. The van der Waals surface area contributed by atoms with Crippen molar-refractivity contribution in [3.05, 3.63) is 119 Å². The maximum atomic E-state index is 2.68. The van der Waals surface area contributed by atoms with Crippen LogP contribution in [0, 0.1) is 0 Å². The topological polar surface area (TPSA) is 9.86 Å². The van der Waals surface area contributed by atoms with Gasteiger partial charge in [0.2, 0.25) is 0 Å². The minimum Gasteiger partial charge on any atom is -0.347 e. The summed E-state index contributed by atoms with van der Waals surface area (Å²) in [6.45, 7) is 19.3. The van der Waals surface area contributed by atoms with E-state index in [1.165, 1.54) is 77.7 Å². The Bertz CT molecular complexity index is 2040. The molecule has 0 amide bonds. The van der Waals surface area contributed by atoms with Gasteiger partial charge in [0.25, 0.3) is 0 Å². The maximum absolute atomic E-state index is 2.68. The van der Waals surface area contributed by atoms with Crippen molar-refractivity contribution in [3.63, 3.8) is 0 Å². The van der Waals surface area contributed by atoms with Crippen LogP contribution in [0.2, 0.25) is 13.1 Å². The molecule has 2 aliphatic rings. The summed E-state index contributed by atoms with van der Waals surface area (Å²) in [5, 5.41) is 2.82. The van der Waals surface area contributed by atoms with Crippen LogP contribution in [0.3, 0.4) is 0 Å². The second-order valence-electron chi connectivity index (χ2n) is 16.5. The predicted octanol–water partition coefficient (Wildman–Crippen LogP) is 11.0. The molecule has 45 heavy (non-hydrogen) atoms. The monoisotopic (exact) mass is 606 g/mol. The lowest BCUT2D eigenvalue weighted by Gasteiger charge is -2.38. The van der Waals surface area contributed by atoms with Crippen LogP contribution >= 0.6 is 0 Å². The normalized spacial score (nSPS) is 17.6. The van der Waals surface area contributed by atoms with Crippen molar-refractivity contribution in [3.8, 4) is 22.3 Å². The fraction of sp³-hybridized carbons (Fsp3) is 0.333. The highest BCUT2D eigenvalue weighted by molar-refractivity contribution is 6.82. The molecule has 2 heterocycles. The maximum Gasteiger partial charge on any atom is 0.0769 e. The first kappa shape index (κ1) is 28.6. The lowest BCUT2D eigenvalue weighted by atomic mass is 9.86. The van der Waals surface area contributed by atoms with Crippen LogP contribution in [-0.2, 0) is 24.9 Å². The Morgan fingerprint density at radius 1 is 0.533 bits per heavy atom. The van der Waals surface area contributed by atoms with E-state index in [0.29, 0.717) is 11.1 Å². The summed E-state index contributed by atoms with van der Waals surface area (Å²) in [7, 11) is 2.47. The van der Waals surface area contributed by atoms with Crippen molar-refractivity contribution < 1.29 is 0 Å². The summed E-state index contributed by atoms with van der Waals surface area (Å²) in [4.78, 5) is 0. The average Bonchev–Trinajstić information content (AvgIpc) is 3.68. The molecule has 2 aromatic heterocycles. The highest BCUT2D eigenvalue weighted by Gasteiger charge is 2.52. The highest BCUT2D eigenvalue weighted by Crippen LogP contribution is 2.60. The highest BCUT2D eigenvalue weighted by atomic mass is 28.3. The Balaban J connectivity index is 1.41. The van der Waals surface area contributed by atoms with Crippen molar-refractivity contribution in [2.75, 3.05) is 0 Å². The van der Waals surface area contributed by atoms with Gasteiger partial charge in [0.15, 0.2) is 0 Å². The van der Waals surface area contributed by atoms with Gasteiger partial charge in [-0.2, -0.15) is 0 Å². The van der Waals surface area contributed by atoms with E-state index in [1.54, 1.807) is 0 Å². The molecular weight excluding hydrogens is 561 g/mol. The number of nitrogens with zero attached hydrogens (tertiary/aromatic N) is 2. The molecule has 2 nitrogen and oxygen atoms in total. The van der Waals surface area contributed by atoms with Gasteiger partial charge in [-0.05, 0) is 68.5 Å². The first-order valence-corrected chi connectivity index (χ1v) is 19.8. The zero-order valence-corrected chi connectivity index (χ0v) is 29.6. The molecule has 0 bridgehead atoms. The first-order chi connectivity index (χ1) is 21.2. The largest absolute Gasteiger partial charge is 0.347 e. The summed E-state index contributed by atoms with van der Waals surface area (Å²) < 4.78 is 5.10. The first-order valence-electron chi connectivity index (χ1n) is 16.7.